The van der Waals surface area contributed by atoms with E-state index in [4.69, 9.17) is 9.26 Å². The number of hydrogen-bond acceptors (Lipinski definition) is 6. The van der Waals surface area contributed by atoms with Crippen molar-refractivity contribution in [3.63, 3.8) is 0 Å². The van der Waals surface area contributed by atoms with Crippen molar-refractivity contribution in [3.05, 3.63) is 30.2 Å². The maximum atomic E-state index is 9.41. The normalized spacial score (nSPS) is 19.9. The molecule has 0 saturated carbocycles. The van der Waals surface area contributed by atoms with E-state index in [-0.39, 0.29) is 11.9 Å². The highest BCUT2D eigenvalue weighted by Gasteiger charge is 2.22. The van der Waals surface area contributed by atoms with Crippen LogP contribution in [-0.2, 0) is 4.74 Å². The van der Waals surface area contributed by atoms with Crippen LogP contribution in [-0.4, -0.2) is 34.9 Å². The Morgan fingerprint density at radius 3 is 3.11 bits per heavy atom. The Bertz CT molecular complexity index is 535. The first-order chi connectivity index (χ1) is 8.83. The third-order valence-electron chi connectivity index (χ3n) is 2.75. The predicted octanol–water partition coefficient (Wildman–Crippen LogP) is 1.10. The zero-order valence-corrected chi connectivity index (χ0v) is 9.67. The summed E-state index contributed by atoms with van der Waals surface area (Å²) in [5.74, 6) is 1.09. The Morgan fingerprint density at radius 2 is 2.33 bits per heavy atom. The topological polar surface area (TPSA) is 80.4 Å². The van der Waals surface area contributed by atoms with Gasteiger partial charge in [-0.15, -0.1) is 0 Å². The van der Waals surface area contributed by atoms with Crippen LogP contribution >= 0.6 is 0 Å². The zero-order valence-electron chi connectivity index (χ0n) is 9.67. The molecule has 6 heteroatoms. The number of nitrogens with zero attached hydrogens (tertiary/aromatic N) is 2. The maximum Gasteiger partial charge on any atom is 0.257 e. The predicted molar refractivity (Wildman–Crippen MR) is 63.0 cm³/mol. The minimum Gasteiger partial charge on any atom is -0.508 e. The van der Waals surface area contributed by atoms with Crippen molar-refractivity contribution >= 4 is 0 Å². The van der Waals surface area contributed by atoms with E-state index in [1.165, 1.54) is 0 Å². The van der Waals surface area contributed by atoms with Gasteiger partial charge in [0.15, 0.2) is 0 Å². The fourth-order valence-electron chi connectivity index (χ4n) is 1.85. The second-order valence-electron chi connectivity index (χ2n) is 4.07. The number of phenolic OH excluding ortho intramolecular Hbond substituents is 1. The van der Waals surface area contributed by atoms with Crippen LogP contribution in [0.2, 0.25) is 0 Å². The molecule has 1 aliphatic rings. The van der Waals surface area contributed by atoms with Gasteiger partial charge in [-0.2, -0.15) is 4.98 Å². The molecule has 0 radical (unpaired) electrons. The third-order valence-corrected chi connectivity index (χ3v) is 2.75. The van der Waals surface area contributed by atoms with E-state index in [2.05, 4.69) is 15.5 Å². The molecule has 2 N–H and O–H groups in total. The van der Waals surface area contributed by atoms with Gasteiger partial charge in [0.2, 0.25) is 5.82 Å². The minimum absolute atomic E-state index is 0.175. The molecule has 1 fully saturated rings. The molecule has 1 saturated heterocycles. The summed E-state index contributed by atoms with van der Waals surface area (Å²) >= 11 is 0. The Morgan fingerprint density at radius 1 is 1.39 bits per heavy atom. The molecule has 1 aromatic heterocycles. The zero-order chi connectivity index (χ0) is 12.4. The van der Waals surface area contributed by atoms with Gasteiger partial charge in [-0.1, -0.05) is 17.3 Å². The number of aromatic nitrogens is 2. The van der Waals surface area contributed by atoms with Gasteiger partial charge in [-0.05, 0) is 12.1 Å². The monoisotopic (exact) mass is 247 g/mol. The Labute approximate surface area is 104 Å². The quantitative estimate of drug-likeness (QED) is 0.827. The lowest BCUT2D eigenvalue weighted by atomic mass is 10.2. The molecule has 0 amide bonds. The third kappa shape index (κ3) is 2.20. The lowest BCUT2D eigenvalue weighted by Crippen LogP contribution is -2.33. The van der Waals surface area contributed by atoms with Crippen LogP contribution in [0, 0.1) is 0 Å². The van der Waals surface area contributed by atoms with Crippen molar-refractivity contribution in [1.29, 1.82) is 0 Å². The summed E-state index contributed by atoms with van der Waals surface area (Å²) in [5, 5.41) is 16.5. The average molecular weight is 247 g/mol. The van der Waals surface area contributed by atoms with Crippen LogP contribution in [0.25, 0.3) is 11.4 Å². The van der Waals surface area contributed by atoms with E-state index < -0.39 is 0 Å². The van der Waals surface area contributed by atoms with Gasteiger partial charge in [0.25, 0.3) is 5.89 Å². The molecule has 94 valence electrons. The van der Waals surface area contributed by atoms with Crippen molar-refractivity contribution in [1.82, 2.24) is 15.5 Å². The number of hydrogen-bond donors (Lipinski definition) is 2. The fraction of sp³-hybridized carbons (Fsp3) is 0.333. The van der Waals surface area contributed by atoms with Crippen molar-refractivity contribution in [3.8, 4) is 17.1 Å². The van der Waals surface area contributed by atoms with Crippen molar-refractivity contribution in [2.24, 2.45) is 0 Å². The highest BCUT2D eigenvalue weighted by molar-refractivity contribution is 5.56. The standard InChI is InChI=1S/C12H13N3O3/c16-9-3-1-2-8(6-9)11-14-12(18-15-11)10-7-13-4-5-17-10/h1-3,6,10,13,16H,4-5,7H2. The number of benzene rings is 1. The fourth-order valence-corrected chi connectivity index (χ4v) is 1.85. The molecule has 3 rings (SSSR count). The summed E-state index contributed by atoms with van der Waals surface area (Å²) in [5.41, 5.74) is 0.716. The molecule has 2 aromatic rings. The second kappa shape index (κ2) is 4.75. The molecule has 1 aromatic carbocycles. The van der Waals surface area contributed by atoms with Crippen LogP contribution in [0.3, 0.4) is 0 Å². The van der Waals surface area contributed by atoms with Crippen LogP contribution in [0.15, 0.2) is 28.8 Å². The Hall–Kier alpha value is -1.92. The van der Waals surface area contributed by atoms with E-state index in [0.717, 1.165) is 6.54 Å². The highest BCUT2D eigenvalue weighted by atomic mass is 16.5. The smallest absolute Gasteiger partial charge is 0.257 e. The molecule has 0 spiro atoms. The average Bonchev–Trinajstić information content (AvgIpc) is 2.89. The molecule has 18 heavy (non-hydrogen) atoms. The number of aromatic hydroxyl groups is 1. The largest absolute Gasteiger partial charge is 0.508 e. The highest BCUT2D eigenvalue weighted by Crippen LogP contribution is 2.23. The molecule has 1 aliphatic heterocycles. The van der Waals surface area contributed by atoms with E-state index in [1.807, 2.05) is 6.07 Å². The molecule has 0 bridgehead atoms. The molecule has 1 atom stereocenters. The lowest BCUT2D eigenvalue weighted by Gasteiger charge is -2.19. The van der Waals surface area contributed by atoms with Crippen molar-refractivity contribution in [2.75, 3.05) is 19.7 Å². The Balaban J connectivity index is 1.84. The SMILES string of the molecule is Oc1cccc(-c2noc(C3CNCCO3)n2)c1. The van der Waals surface area contributed by atoms with E-state index >= 15 is 0 Å². The number of morpholine rings is 1. The van der Waals surface area contributed by atoms with Gasteiger partial charge in [-0.25, -0.2) is 0 Å². The number of rotatable bonds is 2. The van der Waals surface area contributed by atoms with Crippen LogP contribution in [0.1, 0.15) is 12.0 Å². The summed E-state index contributed by atoms with van der Waals surface area (Å²) < 4.78 is 10.7. The van der Waals surface area contributed by atoms with Gasteiger partial charge in [0.1, 0.15) is 11.9 Å². The molecule has 2 heterocycles. The number of ether oxygens (including phenoxy) is 1. The first-order valence-electron chi connectivity index (χ1n) is 5.78. The molecule has 6 nitrogen and oxygen atoms in total. The Kier molecular flexibility index (Phi) is 2.95. The van der Waals surface area contributed by atoms with Crippen LogP contribution < -0.4 is 5.32 Å². The lowest BCUT2D eigenvalue weighted by molar-refractivity contribution is 0.00755. The molecular weight excluding hydrogens is 234 g/mol. The first-order valence-corrected chi connectivity index (χ1v) is 5.78. The summed E-state index contributed by atoms with van der Waals surface area (Å²) in [4.78, 5) is 4.29. The van der Waals surface area contributed by atoms with Crippen LogP contribution in [0.5, 0.6) is 5.75 Å². The first kappa shape index (κ1) is 11.2. The van der Waals surface area contributed by atoms with Gasteiger partial charge >= 0.3 is 0 Å². The summed E-state index contributed by atoms with van der Waals surface area (Å²) in [6, 6.07) is 6.74. The van der Waals surface area contributed by atoms with Gasteiger partial charge in [-0.3, -0.25) is 0 Å². The molecule has 0 aliphatic carbocycles. The summed E-state index contributed by atoms with van der Waals surface area (Å²) in [6.07, 6.45) is -0.197. The van der Waals surface area contributed by atoms with E-state index in [1.54, 1.807) is 18.2 Å². The van der Waals surface area contributed by atoms with Crippen molar-refractivity contribution < 1.29 is 14.4 Å². The number of nitrogens with one attached hydrogen (secondary N) is 1. The van der Waals surface area contributed by atoms with E-state index in [9.17, 15) is 5.11 Å². The van der Waals surface area contributed by atoms with Gasteiger partial charge < -0.3 is 19.7 Å². The van der Waals surface area contributed by atoms with Crippen LogP contribution in [0.4, 0.5) is 0 Å². The van der Waals surface area contributed by atoms with Gasteiger partial charge in [0.05, 0.1) is 6.61 Å². The summed E-state index contributed by atoms with van der Waals surface area (Å²) in [6.45, 7) is 2.14. The molecule has 1 unspecified atom stereocenters. The van der Waals surface area contributed by atoms with E-state index in [0.29, 0.717) is 30.4 Å². The maximum absolute atomic E-state index is 9.41. The minimum atomic E-state index is -0.197. The van der Waals surface area contributed by atoms with Crippen molar-refractivity contribution in [2.45, 2.75) is 6.10 Å². The number of phenols is 1. The molecular formula is C12H13N3O3. The second-order valence-corrected chi connectivity index (χ2v) is 4.07. The van der Waals surface area contributed by atoms with Gasteiger partial charge in [0, 0.05) is 18.7 Å². The summed E-state index contributed by atoms with van der Waals surface area (Å²) in [7, 11) is 0.